The number of rotatable bonds is 4. The third-order valence-electron chi connectivity index (χ3n) is 4.77. The van der Waals surface area contributed by atoms with Crippen molar-refractivity contribution in [1.29, 1.82) is 0 Å². The minimum absolute atomic E-state index is 0.0519. The third kappa shape index (κ3) is 4.02. The molecular weight excluding hydrogens is 404 g/mol. The second kappa shape index (κ2) is 8.31. The number of hydrogen-bond acceptors (Lipinski definition) is 3. The van der Waals surface area contributed by atoms with Gasteiger partial charge in [0.15, 0.2) is 0 Å². The normalized spacial score (nSPS) is 16.1. The number of nitrogens with one attached hydrogen (secondary N) is 1. The summed E-state index contributed by atoms with van der Waals surface area (Å²) < 4.78 is 0. The average Bonchev–Trinajstić information content (AvgIpc) is 3.10. The Labute approximate surface area is 178 Å². The van der Waals surface area contributed by atoms with Gasteiger partial charge < -0.3 is 5.32 Å². The number of para-hydroxylation sites is 1. The number of amides is 2. The van der Waals surface area contributed by atoms with Crippen molar-refractivity contribution in [2.75, 3.05) is 16.0 Å². The van der Waals surface area contributed by atoms with Gasteiger partial charge in [-0.1, -0.05) is 59.6 Å². The maximum absolute atomic E-state index is 12.8. The smallest absolute Gasteiger partial charge is 0.257 e. The zero-order valence-electron chi connectivity index (χ0n) is 15.8. The number of nitrogens with zero attached hydrogens (tertiary/aromatic N) is 1. The highest BCUT2D eigenvalue weighted by atomic mass is 35.5. The molecule has 0 radical (unpaired) electrons. The van der Waals surface area contributed by atoms with Gasteiger partial charge in [-0.25, -0.2) is 0 Å². The molecule has 146 valence electrons. The Hall–Kier alpha value is -2.76. The lowest BCUT2D eigenvalue weighted by Crippen LogP contribution is -2.28. The molecule has 3 aromatic rings. The first-order chi connectivity index (χ1) is 14.0. The summed E-state index contributed by atoms with van der Waals surface area (Å²) in [6.07, 6.45) is 0. The highest BCUT2D eigenvalue weighted by Gasteiger charge is 2.35. The van der Waals surface area contributed by atoms with Gasteiger partial charge in [-0.15, -0.1) is 11.8 Å². The van der Waals surface area contributed by atoms with E-state index < -0.39 is 0 Å². The number of benzene rings is 3. The van der Waals surface area contributed by atoms with Crippen LogP contribution in [0.4, 0.5) is 11.4 Å². The number of hydrogen-bond donors (Lipinski definition) is 1. The van der Waals surface area contributed by atoms with E-state index in [-0.39, 0.29) is 17.2 Å². The molecule has 0 aliphatic carbocycles. The van der Waals surface area contributed by atoms with Crippen molar-refractivity contribution in [3.05, 3.63) is 94.5 Å². The molecule has 2 amide bonds. The van der Waals surface area contributed by atoms with Gasteiger partial charge >= 0.3 is 0 Å². The first-order valence-corrected chi connectivity index (χ1v) is 10.6. The molecule has 1 heterocycles. The Morgan fingerprint density at radius 2 is 1.72 bits per heavy atom. The minimum Gasteiger partial charge on any atom is -0.322 e. The Bertz CT molecular complexity index is 1070. The number of aryl methyl sites for hydroxylation is 1. The van der Waals surface area contributed by atoms with E-state index in [0.717, 1.165) is 16.8 Å². The molecule has 1 fully saturated rings. The number of thioether (sulfide) groups is 1. The van der Waals surface area contributed by atoms with E-state index in [2.05, 4.69) is 5.32 Å². The quantitative estimate of drug-likeness (QED) is 0.588. The van der Waals surface area contributed by atoms with Crippen LogP contribution in [-0.4, -0.2) is 17.6 Å². The predicted octanol–water partition coefficient (Wildman–Crippen LogP) is 5.68. The zero-order valence-corrected chi connectivity index (χ0v) is 17.3. The van der Waals surface area contributed by atoms with Crippen LogP contribution in [0.2, 0.25) is 5.02 Å². The molecule has 1 atom stereocenters. The first-order valence-electron chi connectivity index (χ1n) is 9.20. The minimum atomic E-state index is -0.278. The van der Waals surface area contributed by atoms with Crippen LogP contribution in [0.5, 0.6) is 0 Å². The van der Waals surface area contributed by atoms with Gasteiger partial charge in [-0.05, 0) is 37.3 Å². The summed E-state index contributed by atoms with van der Waals surface area (Å²) in [5.74, 6) is 0.168. The molecule has 4 nitrogen and oxygen atoms in total. The van der Waals surface area contributed by atoms with Crippen LogP contribution in [-0.2, 0) is 4.79 Å². The Kier molecular flexibility index (Phi) is 5.60. The molecule has 1 saturated heterocycles. The molecule has 4 rings (SSSR count). The molecule has 0 unspecified atom stereocenters. The summed E-state index contributed by atoms with van der Waals surface area (Å²) in [5, 5.41) is 3.15. The lowest BCUT2D eigenvalue weighted by molar-refractivity contribution is -0.115. The number of carbonyl (C=O) groups excluding carboxylic acids is 2. The van der Waals surface area contributed by atoms with Crippen molar-refractivity contribution in [3.8, 4) is 0 Å². The summed E-state index contributed by atoms with van der Waals surface area (Å²) in [7, 11) is 0. The Morgan fingerprint density at radius 3 is 2.48 bits per heavy atom. The van der Waals surface area contributed by atoms with E-state index in [1.54, 1.807) is 40.9 Å². The predicted molar refractivity (Wildman–Crippen MR) is 120 cm³/mol. The molecule has 1 aliphatic heterocycles. The molecule has 0 spiro atoms. The van der Waals surface area contributed by atoms with E-state index in [0.29, 0.717) is 22.0 Å². The summed E-state index contributed by atoms with van der Waals surface area (Å²) in [5.41, 5.74) is 3.94. The lowest BCUT2D eigenvalue weighted by atomic mass is 10.1. The third-order valence-corrected chi connectivity index (χ3v) is 6.30. The highest BCUT2D eigenvalue weighted by Crippen LogP contribution is 2.44. The van der Waals surface area contributed by atoms with Crippen molar-refractivity contribution < 1.29 is 9.59 Å². The average molecular weight is 423 g/mol. The van der Waals surface area contributed by atoms with Gasteiger partial charge in [0.05, 0.1) is 16.3 Å². The van der Waals surface area contributed by atoms with Crippen LogP contribution in [0.1, 0.15) is 26.9 Å². The van der Waals surface area contributed by atoms with Crippen LogP contribution >= 0.6 is 23.4 Å². The van der Waals surface area contributed by atoms with Gasteiger partial charge in [0, 0.05) is 16.9 Å². The van der Waals surface area contributed by atoms with E-state index in [1.165, 1.54) is 0 Å². The fourth-order valence-corrected chi connectivity index (χ4v) is 4.73. The second-order valence-electron chi connectivity index (χ2n) is 6.78. The van der Waals surface area contributed by atoms with E-state index >= 15 is 0 Å². The number of anilines is 2. The molecule has 0 bridgehead atoms. The van der Waals surface area contributed by atoms with Gasteiger partial charge in [0.25, 0.3) is 5.91 Å². The first kappa shape index (κ1) is 19.6. The molecule has 29 heavy (non-hydrogen) atoms. The summed E-state index contributed by atoms with van der Waals surface area (Å²) in [6.45, 7) is 2.02. The Morgan fingerprint density at radius 1 is 1.03 bits per heavy atom. The monoisotopic (exact) mass is 422 g/mol. The van der Waals surface area contributed by atoms with Crippen molar-refractivity contribution in [1.82, 2.24) is 0 Å². The van der Waals surface area contributed by atoms with Crippen LogP contribution in [0, 0.1) is 6.92 Å². The van der Waals surface area contributed by atoms with Crippen LogP contribution in [0.15, 0.2) is 72.8 Å². The SMILES string of the molecule is Cc1ccc(N2C(=O)CS[C@@H]2c2ccccc2NC(=O)c2ccccc2Cl)cc1. The van der Waals surface area contributed by atoms with E-state index in [9.17, 15) is 9.59 Å². The summed E-state index contributed by atoms with van der Waals surface area (Å²) in [4.78, 5) is 27.2. The molecule has 0 aromatic heterocycles. The molecule has 1 N–H and O–H groups in total. The summed E-state index contributed by atoms with van der Waals surface area (Å²) >= 11 is 7.72. The fourth-order valence-electron chi connectivity index (χ4n) is 3.30. The lowest BCUT2D eigenvalue weighted by Gasteiger charge is -2.26. The topological polar surface area (TPSA) is 49.4 Å². The molecule has 6 heteroatoms. The van der Waals surface area contributed by atoms with Gasteiger partial charge in [-0.3, -0.25) is 14.5 Å². The molecule has 3 aromatic carbocycles. The van der Waals surface area contributed by atoms with Crippen LogP contribution in [0.25, 0.3) is 0 Å². The Balaban J connectivity index is 1.67. The van der Waals surface area contributed by atoms with Crippen LogP contribution < -0.4 is 10.2 Å². The largest absolute Gasteiger partial charge is 0.322 e. The maximum atomic E-state index is 12.8. The molecule has 0 saturated carbocycles. The standard InChI is InChI=1S/C23H19ClN2O2S/c1-15-10-12-16(13-11-15)26-21(27)14-29-23(26)18-7-3-5-9-20(18)25-22(28)17-6-2-4-8-19(17)24/h2-13,23H,14H2,1H3,(H,25,28)/t23-/m1/s1. The maximum Gasteiger partial charge on any atom is 0.257 e. The number of carbonyl (C=O) groups is 2. The van der Waals surface area contributed by atoms with E-state index in [4.69, 9.17) is 11.6 Å². The van der Waals surface area contributed by atoms with Gasteiger partial charge in [-0.2, -0.15) is 0 Å². The zero-order chi connectivity index (χ0) is 20.4. The number of halogens is 1. The second-order valence-corrected chi connectivity index (χ2v) is 8.26. The molecular formula is C23H19ClN2O2S. The van der Waals surface area contributed by atoms with Crippen LogP contribution in [0.3, 0.4) is 0 Å². The van der Waals surface area contributed by atoms with Crippen molar-refractivity contribution >= 4 is 46.6 Å². The van der Waals surface area contributed by atoms with Crippen molar-refractivity contribution in [3.63, 3.8) is 0 Å². The molecule has 1 aliphatic rings. The fraction of sp³-hybridized carbons (Fsp3) is 0.130. The van der Waals surface area contributed by atoms with E-state index in [1.807, 2.05) is 55.5 Å². The highest BCUT2D eigenvalue weighted by molar-refractivity contribution is 8.00. The van der Waals surface area contributed by atoms with Crippen molar-refractivity contribution in [2.24, 2.45) is 0 Å². The van der Waals surface area contributed by atoms with Crippen molar-refractivity contribution in [2.45, 2.75) is 12.3 Å². The summed E-state index contributed by atoms with van der Waals surface area (Å²) in [6, 6.07) is 22.4. The van der Waals surface area contributed by atoms with Gasteiger partial charge in [0.2, 0.25) is 5.91 Å². The van der Waals surface area contributed by atoms with Gasteiger partial charge in [0.1, 0.15) is 5.37 Å².